The summed E-state index contributed by atoms with van der Waals surface area (Å²) in [6, 6.07) is 0. The maximum Gasteiger partial charge on any atom is 0.132 e. The predicted molar refractivity (Wildman–Crippen MR) is 62.1 cm³/mol. The van der Waals surface area contributed by atoms with Gasteiger partial charge in [-0.3, -0.25) is 4.68 Å². The Bertz CT molecular complexity index is 323. The number of hydrogen-bond acceptors (Lipinski definition) is 2. The minimum atomic E-state index is 0.283. The zero-order valence-corrected chi connectivity index (χ0v) is 10.6. The van der Waals surface area contributed by atoms with Gasteiger partial charge in [0.2, 0.25) is 0 Å². The summed E-state index contributed by atoms with van der Waals surface area (Å²) >= 11 is 6.10. The molecule has 4 heteroatoms. The van der Waals surface area contributed by atoms with Gasteiger partial charge in [0, 0.05) is 12.6 Å². The van der Waals surface area contributed by atoms with Crippen LogP contribution in [0.15, 0.2) is 0 Å². The van der Waals surface area contributed by atoms with Gasteiger partial charge in [0.05, 0.1) is 18.4 Å². The van der Waals surface area contributed by atoms with Gasteiger partial charge < -0.3 is 4.74 Å². The molecule has 1 aromatic heterocycles. The molecule has 0 fully saturated rings. The topological polar surface area (TPSA) is 27.1 Å². The van der Waals surface area contributed by atoms with Crippen LogP contribution < -0.4 is 0 Å². The zero-order chi connectivity index (χ0) is 11.4. The molecule has 0 aliphatic heterocycles. The molecular formula is C11H19ClN2O. The van der Waals surface area contributed by atoms with E-state index in [2.05, 4.69) is 18.9 Å². The summed E-state index contributed by atoms with van der Waals surface area (Å²) in [5, 5.41) is 4.92. The van der Waals surface area contributed by atoms with Crippen LogP contribution in [0.4, 0.5) is 0 Å². The van der Waals surface area contributed by atoms with Crippen molar-refractivity contribution in [2.75, 3.05) is 0 Å². The molecule has 0 amide bonds. The third-order valence-corrected chi connectivity index (χ3v) is 2.95. The number of rotatable bonds is 5. The van der Waals surface area contributed by atoms with Gasteiger partial charge in [-0.15, -0.1) is 0 Å². The van der Waals surface area contributed by atoms with Crippen molar-refractivity contribution in [1.82, 2.24) is 9.78 Å². The van der Waals surface area contributed by atoms with Gasteiger partial charge in [0.1, 0.15) is 5.15 Å². The first-order valence-corrected chi connectivity index (χ1v) is 5.73. The molecule has 0 N–H and O–H groups in total. The lowest BCUT2D eigenvalue weighted by Gasteiger charge is -2.11. The Morgan fingerprint density at radius 3 is 2.67 bits per heavy atom. The first kappa shape index (κ1) is 12.5. The number of halogens is 1. The Labute approximate surface area is 96.4 Å². The van der Waals surface area contributed by atoms with E-state index in [0.717, 1.165) is 24.1 Å². The Morgan fingerprint density at radius 2 is 2.20 bits per heavy atom. The molecule has 86 valence electrons. The fourth-order valence-corrected chi connectivity index (χ4v) is 1.78. The van der Waals surface area contributed by atoms with Gasteiger partial charge in [-0.1, -0.05) is 24.9 Å². The van der Waals surface area contributed by atoms with Crippen LogP contribution in [0.25, 0.3) is 0 Å². The van der Waals surface area contributed by atoms with Crippen LogP contribution >= 0.6 is 11.6 Å². The standard InChI is InChI=1S/C11H19ClN2O/c1-5-6-8(2)15-7-10-9(3)13-14(4)11(10)12/h8H,5-7H2,1-4H3. The van der Waals surface area contributed by atoms with Crippen molar-refractivity contribution in [3.8, 4) is 0 Å². The van der Waals surface area contributed by atoms with E-state index in [-0.39, 0.29) is 6.10 Å². The average Bonchev–Trinajstić information content (AvgIpc) is 2.40. The zero-order valence-electron chi connectivity index (χ0n) is 9.88. The molecule has 0 aliphatic rings. The normalized spacial score (nSPS) is 13.1. The molecule has 3 nitrogen and oxygen atoms in total. The van der Waals surface area contributed by atoms with Crippen molar-refractivity contribution < 1.29 is 4.74 Å². The Kier molecular flexibility index (Phi) is 4.61. The van der Waals surface area contributed by atoms with E-state index >= 15 is 0 Å². The molecule has 0 radical (unpaired) electrons. The predicted octanol–water partition coefficient (Wildman–Crippen LogP) is 3.09. The monoisotopic (exact) mass is 230 g/mol. The summed E-state index contributed by atoms with van der Waals surface area (Å²) in [5.41, 5.74) is 1.95. The second kappa shape index (κ2) is 5.52. The van der Waals surface area contributed by atoms with E-state index in [9.17, 15) is 0 Å². The largest absolute Gasteiger partial charge is 0.374 e. The van der Waals surface area contributed by atoms with Crippen LogP contribution in [0, 0.1) is 6.92 Å². The number of nitrogens with zero attached hydrogens (tertiary/aromatic N) is 2. The fourth-order valence-electron chi connectivity index (χ4n) is 1.55. The number of hydrogen-bond donors (Lipinski definition) is 0. The van der Waals surface area contributed by atoms with Crippen LogP contribution in [-0.2, 0) is 18.4 Å². The van der Waals surface area contributed by atoms with Crippen molar-refractivity contribution in [3.63, 3.8) is 0 Å². The third kappa shape index (κ3) is 3.21. The van der Waals surface area contributed by atoms with Gasteiger partial charge in [-0.05, 0) is 20.3 Å². The number of ether oxygens (including phenoxy) is 1. The molecule has 0 saturated heterocycles. The van der Waals surface area contributed by atoms with E-state index < -0.39 is 0 Å². The number of aromatic nitrogens is 2. The smallest absolute Gasteiger partial charge is 0.132 e. The summed E-state index contributed by atoms with van der Waals surface area (Å²) in [4.78, 5) is 0. The lowest BCUT2D eigenvalue weighted by molar-refractivity contribution is 0.0469. The highest BCUT2D eigenvalue weighted by Gasteiger charge is 2.12. The summed E-state index contributed by atoms with van der Waals surface area (Å²) < 4.78 is 7.39. The molecule has 0 saturated carbocycles. The first-order valence-electron chi connectivity index (χ1n) is 5.35. The summed E-state index contributed by atoms with van der Waals surface area (Å²) in [5.74, 6) is 0. The summed E-state index contributed by atoms with van der Waals surface area (Å²) in [6.07, 6.45) is 2.50. The van der Waals surface area contributed by atoms with E-state index in [1.807, 2.05) is 14.0 Å². The molecule has 1 aromatic rings. The number of aryl methyl sites for hydroxylation is 2. The maximum atomic E-state index is 6.10. The molecule has 0 aliphatic carbocycles. The molecule has 1 rings (SSSR count). The minimum Gasteiger partial charge on any atom is -0.374 e. The summed E-state index contributed by atoms with van der Waals surface area (Å²) in [7, 11) is 1.84. The van der Waals surface area contributed by atoms with E-state index in [0.29, 0.717) is 11.8 Å². The van der Waals surface area contributed by atoms with Crippen LogP contribution in [-0.4, -0.2) is 15.9 Å². The second-order valence-corrected chi connectivity index (χ2v) is 4.25. The highest BCUT2D eigenvalue weighted by atomic mass is 35.5. The molecule has 0 bridgehead atoms. The van der Waals surface area contributed by atoms with Crippen LogP contribution in [0.1, 0.15) is 37.9 Å². The Balaban J connectivity index is 2.57. The molecule has 1 unspecified atom stereocenters. The second-order valence-electron chi connectivity index (χ2n) is 3.89. The summed E-state index contributed by atoms with van der Waals surface area (Å²) in [6.45, 7) is 6.75. The third-order valence-electron chi connectivity index (χ3n) is 2.48. The van der Waals surface area contributed by atoms with Gasteiger partial charge in [0.25, 0.3) is 0 Å². The van der Waals surface area contributed by atoms with Gasteiger partial charge in [-0.2, -0.15) is 5.10 Å². The van der Waals surface area contributed by atoms with E-state index in [4.69, 9.17) is 16.3 Å². The van der Waals surface area contributed by atoms with Crippen molar-refractivity contribution in [2.24, 2.45) is 7.05 Å². The van der Waals surface area contributed by atoms with Crippen molar-refractivity contribution >= 4 is 11.6 Å². The highest BCUT2D eigenvalue weighted by Crippen LogP contribution is 2.20. The lowest BCUT2D eigenvalue weighted by atomic mass is 10.2. The van der Waals surface area contributed by atoms with Crippen LogP contribution in [0.5, 0.6) is 0 Å². The van der Waals surface area contributed by atoms with E-state index in [1.54, 1.807) is 4.68 Å². The molecule has 15 heavy (non-hydrogen) atoms. The van der Waals surface area contributed by atoms with Crippen LogP contribution in [0.2, 0.25) is 5.15 Å². The van der Waals surface area contributed by atoms with Crippen molar-refractivity contribution in [3.05, 3.63) is 16.4 Å². The fraction of sp³-hybridized carbons (Fsp3) is 0.727. The molecular weight excluding hydrogens is 212 g/mol. The molecule has 1 atom stereocenters. The first-order chi connectivity index (χ1) is 7.06. The van der Waals surface area contributed by atoms with Gasteiger partial charge in [0.15, 0.2) is 0 Å². The van der Waals surface area contributed by atoms with Crippen molar-refractivity contribution in [1.29, 1.82) is 0 Å². The Hall–Kier alpha value is -0.540. The lowest BCUT2D eigenvalue weighted by Crippen LogP contribution is -2.07. The Morgan fingerprint density at radius 1 is 1.53 bits per heavy atom. The SMILES string of the molecule is CCCC(C)OCc1c(C)nn(C)c1Cl. The van der Waals surface area contributed by atoms with E-state index in [1.165, 1.54) is 0 Å². The maximum absolute atomic E-state index is 6.10. The highest BCUT2D eigenvalue weighted by molar-refractivity contribution is 6.30. The van der Waals surface area contributed by atoms with Gasteiger partial charge >= 0.3 is 0 Å². The molecule has 0 spiro atoms. The molecule has 1 heterocycles. The van der Waals surface area contributed by atoms with Crippen molar-refractivity contribution in [2.45, 2.75) is 46.3 Å². The average molecular weight is 231 g/mol. The molecule has 0 aromatic carbocycles. The quantitative estimate of drug-likeness (QED) is 0.777. The minimum absolute atomic E-state index is 0.283. The van der Waals surface area contributed by atoms with Gasteiger partial charge in [-0.25, -0.2) is 0 Å². The van der Waals surface area contributed by atoms with Crippen LogP contribution in [0.3, 0.4) is 0 Å².